The number of hydrogen-bond donors (Lipinski definition) is 0. The highest BCUT2D eigenvalue weighted by Crippen LogP contribution is 2.41. The Balaban J connectivity index is 1.38. The summed E-state index contributed by atoms with van der Waals surface area (Å²) in [5.41, 5.74) is 4.14. The van der Waals surface area contributed by atoms with E-state index in [1.54, 1.807) is 22.9 Å². The molecule has 6 heteroatoms. The van der Waals surface area contributed by atoms with Gasteiger partial charge in [0.05, 0.1) is 25.8 Å². The lowest BCUT2D eigenvalue weighted by Gasteiger charge is -2.17. The summed E-state index contributed by atoms with van der Waals surface area (Å²) in [6.07, 6.45) is 3.72. The second-order valence-electron chi connectivity index (χ2n) is 7.89. The fraction of sp³-hybridized carbons (Fsp3) is 0.280. The van der Waals surface area contributed by atoms with Crippen molar-refractivity contribution in [2.75, 3.05) is 13.7 Å². The molecule has 2 atom stereocenters. The van der Waals surface area contributed by atoms with Crippen molar-refractivity contribution in [1.82, 2.24) is 4.57 Å². The van der Waals surface area contributed by atoms with Crippen LogP contribution in [0.1, 0.15) is 41.6 Å². The molecular weight excluding hydrogens is 394 g/mol. The second kappa shape index (κ2) is 7.95. The average Bonchev–Trinajstić information content (AvgIpc) is 3.38. The van der Waals surface area contributed by atoms with Crippen molar-refractivity contribution in [3.8, 4) is 17.2 Å². The van der Waals surface area contributed by atoms with Crippen LogP contribution in [-0.4, -0.2) is 24.3 Å². The Morgan fingerprint density at radius 1 is 1.13 bits per heavy atom. The van der Waals surface area contributed by atoms with E-state index in [9.17, 15) is 9.59 Å². The first-order valence-electron chi connectivity index (χ1n) is 10.4. The summed E-state index contributed by atoms with van der Waals surface area (Å²) in [5.74, 6) is 1.26. The van der Waals surface area contributed by atoms with E-state index in [0.717, 1.165) is 46.7 Å². The number of hydrogen-bond acceptors (Lipinski definition) is 5. The highest BCUT2D eigenvalue weighted by Gasteiger charge is 2.29. The number of methoxy groups -OCH3 is 1. The number of esters is 1. The third-order valence-corrected chi connectivity index (χ3v) is 6.06. The van der Waals surface area contributed by atoms with E-state index in [0.29, 0.717) is 13.0 Å². The van der Waals surface area contributed by atoms with Crippen LogP contribution in [0.2, 0.25) is 0 Å². The first-order valence-corrected chi connectivity index (χ1v) is 10.4. The molecule has 1 aromatic heterocycles. The van der Waals surface area contributed by atoms with Crippen molar-refractivity contribution in [2.24, 2.45) is 0 Å². The van der Waals surface area contributed by atoms with E-state index < -0.39 is 0 Å². The minimum absolute atomic E-state index is 0.00967. The maximum Gasteiger partial charge on any atom is 0.306 e. The average molecular weight is 417 g/mol. The number of benzene rings is 2. The Bertz CT molecular complexity index is 1200. The monoisotopic (exact) mass is 417 g/mol. The molecule has 0 fully saturated rings. The molecule has 0 N–H and O–H groups in total. The minimum Gasteiger partial charge on any atom is -0.492 e. The maximum atomic E-state index is 12.3. The van der Waals surface area contributed by atoms with Gasteiger partial charge in [0.15, 0.2) is 0 Å². The molecule has 2 aromatic carbocycles. The van der Waals surface area contributed by atoms with Gasteiger partial charge in [-0.2, -0.15) is 0 Å². The maximum absolute atomic E-state index is 12.3. The Kier molecular flexibility index (Phi) is 4.98. The van der Waals surface area contributed by atoms with E-state index in [2.05, 4.69) is 6.07 Å². The summed E-state index contributed by atoms with van der Waals surface area (Å²) >= 11 is 0. The lowest BCUT2D eigenvalue weighted by molar-refractivity contribution is -0.141. The molecule has 2 heterocycles. The minimum atomic E-state index is -0.238. The summed E-state index contributed by atoms with van der Waals surface area (Å²) in [5, 5.41) is 0. The van der Waals surface area contributed by atoms with Gasteiger partial charge in [-0.25, -0.2) is 0 Å². The van der Waals surface area contributed by atoms with Crippen LogP contribution in [0.3, 0.4) is 0 Å². The number of aromatic nitrogens is 1. The summed E-state index contributed by atoms with van der Waals surface area (Å²) in [4.78, 5) is 23.9. The molecule has 31 heavy (non-hydrogen) atoms. The van der Waals surface area contributed by atoms with E-state index >= 15 is 0 Å². The molecule has 0 amide bonds. The van der Waals surface area contributed by atoms with Crippen molar-refractivity contribution >= 4 is 5.97 Å². The van der Waals surface area contributed by atoms with Crippen molar-refractivity contribution in [2.45, 2.75) is 31.3 Å². The smallest absolute Gasteiger partial charge is 0.306 e. The molecule has 0 spiro atoms. The van der Waals surface area contributed by atoms with E-state index in [-0.39, 0.29) is 23.6 Å². The highest BCUT2D eigenvalue weighted by molar-refractivity contribution is 5.71. The van der Waals surface area contributed by atoms with Crippen LogP contribution in [0.4, 0.5) is 0 Å². The Hall–Kier alpha value is -3.54. The van der Waals surface area contributed by atoms with Crippen LogP contribution < -0.4 is 15.0 Å². The fourth-order valence-corrected chi connectivity index (χ4v) is 4.52. The molecule has 0 saturated heterocycles. The van der Waals surface area contributed by atoms with Crippen molar-refractivity contribution in [3.05, 3.63) is 87.8 Å². The van der Waals surface area contributed by atoms with Crippen LogP contribution in [0.25, 0.3) is 5.69 Å². The fourth-order valence-electron chi connectivity index (χ4n) is 4.52. The normalized spacial score (nSPS) is 18.7. The molecule has 5 rings (SSSR count). The number of carbonyl (C=O) groups excluding carboxylic acids is 1. The van der Waals surface area contributed by atoms with Gasteiger partial charge in [-0.3, -0.25) is 14.2 Å². The van der Waals surface area contributed by atoms with Crippen molar-refractivity contribution in [3.63, 3.8) is 0 Å². The van der Waals surface area contributed by atoms with Crippen molar-refractivity contribution in [1.29, 1.82) is 0 Å². The van der Waals surface area contributed by atoms with Gasteiger partial charge in [0.25, 0.3) is 5.56 Å². The van der Waals surface area contributed by atoms with Crippen molar-refractivity contribution < 1.29 is 19.0 Å². The number of rotatable bonds is 5. The molecule has 0 radical (unpaired) electrons. The van der Waals surface area contributed by atoms with Crippen LogP contribution in [0.5, 0.6) is 11.5 Å². The first kappa shape index (κ1) is 19.4. The van der Waals surface area contributed by atoms with E-state index in [4.69, 9.17) is 14.2 Å². The third kappa shape index (κ3) is 3.58. The molecule has 3 aromatic rings. The quantitative estimate of drug-likeness (QED) is 0.588. The number of fused-ring (bicyclic) bond motifs is 2. The lowest BCUT2D eigenvalue weighted by Crippen LogP contribution is -2.17. The van der Waals surface area contributed by atoms with Crippen LogP contribution >= 0.6 is 0 Å². The third-order valence-electron chi connectivity index (χ3n) is 6.06. The molecule has 1 aliphatic carbocycles. The number of ether oxygens (including phenoxy) is 3. The number of nitrogens with zero attached hydrogens (tertiary/aromatic N) is 1. The molecule has 1 aliphatic heterocycles. The molecule has 0 bridgehead atoms. The van der Waals surface area contributed by atoms with Crippen LogP contribution in [0.15, 0.2) is 65.6 Å². The van der Waals surface area contributed by atoms with Crippen LogP contribution in [0, 0.1) is 0 Å². The topological polar surface area (TPSA) is 66.8 Å². The van der Waals surface area contributed by atoms with Gasteiger partial charge in [-0.1, -0.05) is 24.3 Å². The Labute approximate surface area is 180 Å². The first-order chi connectivity index (χ1) is 15.1. The standard InChI is InChI=1S/C25H23NO5/c1-29-25(28)13-16-15-30-23-14-17(8-9-18(16)23)31-22-11-10-19-20(22)5-4-6-21(19)26-12-3-2-7-24(26)27/h2-9,12,14,16,22H,10-11,13,15H2,1H3/t16?,22-/m1/s1. The molecular formula is C25H23NO5. The van der Waals surface area contributed by atoms with Gasteiger partial charge in [-0.15, -0.1) is 0 Å². The van der Waals surface area contributed by atoms with E-state index in [1.165, 1.54) is 7.11 Å². The number of carbonyl (C=O) groups is 1. The van der Waals surface area contributed by atoms with E-state index in [1.807, 2.05) is 36.4 Å². The predicted octanol–water partition coefficient (Wildman–Crippen LogP) is 3.94. The zero-order chi connectivity index (χ0) is 21.4. The summed E-state index contributed by atoms with van der Waals surface area (Å²) in [6.45, 7) is 0.468. The SMILES string of the molecule is COC(=O)CC1COc2cc(O[C@@H]3CCc4c3cccc4-n3ccccc3=O)ccc21. The Morgan fingerprint density at radius 3 is 2.87 bits per heavy atom. The highest BCUT2D eigenvalue weighted by atomic mass is 16.5. The lowest BCUT2D eigenvalue weighted by atomic mass is 9.98. The van der Waals surface area contributed by atoms with Gasteiger partial charge in [0.1, 0.15) is 17.6 Å². The summed E-state index contributed by atoms with van der Waals surface area (Å²) in [7, 11) is 1.40. The number of pyridine rings is 1. The zero-order valence-electron chi connectivity index (χ0n) is 17.2. The second-order valence-corrected chi connectivity index (χ2v) is 7.89. The summed E-state index contributed by atoms with van der Waals surface area (Å²) in [6, 6.07) is 17.0. The van der Waals surface area contributed by atoms with Gasteiger partial charge < -0.3 is 14.2 Å². The molecule has 2 aliphatic rings. The summed E-state index contributed by atoms with van der Waals surface area (Å²) < 4.78 is 18.6. The van der Waals surface area contributed by atoms with Crippen LogP contribution in [-0.2, 0) is 16.0 Å². The molecule has 1 unspecified atom stereocenters. The van der Waals surface area contributed by atoms with Gasteiger partial charge in [0.2, 0.25) is 0 Å². The zero-order valence-corrected chi connectivity index (χ0v) is 17.2. The van der Waals surface area contributed by atoms with Gasteiger partial charge in [-0.05, 0) is 42.2 Å². The molecule has 158 valence electrons. The molecule has 6 nitrogen and oxygen atoms in total. The van der Waals surface area contributed by atoms with Gasteiger partial charge in [0, 0.05) is 29.8 Å². The largest absolute Gasteiger partial charge is 0.492 e. The Morgan fingerprint density at radius 2 is 2.03 bits per heavy atom. The molecule has 0 saturated carbocycles. The van der Waals surface area contributed by atoms with Gasteiger partial charge >= 0.3 is 5.97 Å². The predicted molar refractivity (Wildman–Crippen MR) is 115 cm³/mol.